The van der Waals surface area contributed by atoms with E-state index >= 15 is 0 Å². The van der Waals surface area contributed by atoms with Gasteiger partial charge in [0.15, 0.2) is 0 Å². The van der Waals surface area contributed by atoms with Gasteiger partial charge in [-0.05, 0) is 30.2 Å². The van der Waals surface area contributed by atoms with Gasteiger partial charge in [0.05, 0.1) is 24.3 Å². The molecule has 7 heteroatoms. The SMILES string of the molecule is CCOC(=O)C1=C(CN2CCn3cccc3[C@H]2c2ccccc2)NC(=O)N[C@H]1c1ccccc1. The highest BCUT2D eigenvalue weighted by Crippen LogP contribution is 2.34. The van der Waals surface area contributed by atoms with Crippen LogP contribution in [0.2, 0.25) is 0 Å². The maximum absolute atomic E-state index is 13.2. The lowest BCUT2D eigenvalue weighted by Crippen LogP contribution is -2.50. The molecule has 3 aromatic rings. The summed E-state index contributed by atoms with van der Waals surface area (Å²) >= 11 is 0. The van der Waals surface area contributed by atoms with Crippen LogP contribution in [0.1, 0.15) is 35.8 Å². The van der Waals surface area contributed by atoms with Crippen molar-refractivity contribution in [3.63, 3.8) is 0 Å². The van der Waals surface area contributed by atoms with Gasteiger partial charge in [-0.2, -0.15) is 0 Å². The number of hydrogen-bond donors (Lipinski definition) is 2. The second kappa shape index (κ2) is 9.57. The Morgan fingerprint density at radius 3 is 2.38 bits per heavy atom. The number of benzene rings is 2. The molecule has 0 fully saturated rings. The van der Waals surface area contributed by atoms with Gasteiger partial charge in [-0.25, -0.2) is 9.59 Å². The molecule has 2 aromatic carbocycles. The molecule has 2 atom stereocenters. The summed E-state index contributed by atoms with van der Waals surface area (Å²) in [7, 11) is 0. The van der Waals surface area contributed by atoms with E-state index in [9.17, 15) is 9.59 Å². The topological polar surface area (TPSA) is 75.6 Å². The Bertz CT molecular complexity index is 1200. The molecule has 0 aliphatic carbocycles. The summed E-state index contributed by atoms with van der Waals surface area (Å²) in [5.74, 6) is -0.421. The highest BCUT2D eigenvalue weighted by molar-refractivity contribution is 5.95. The maximum Gasteiger partial charge on any atom is 0.338 e. The first-order valence-electron chi connectivity index (χ1n) is 11.6. The molecule has 174 valence electrons. The number of fused-ring (bicyclic) bond motifs is 1. The van der Waals surface area contributed by atoms with Gasteiger partial charge in [0.1, 0.15) is 0 Å². The van der Waals surface area contributed by atoms with Crippen molar-refractivity contribution in [1.82, 2.24) is 20.1 Å². The number of rotatable bonds is 6. The molecule has 0 bridgehead atoms. The molecule has 2 N–H and O–H groups in total. The summed E-state index contributed by atoms with van der Waals surface area (Å²) in [5.41, 5.74) is 4.22. The van der Waals surface area contributed by atoms with Crippen LogP contribution in [0.5, 0.6) is 0 Å². The molecule has 0 unspecified atom stereocenters. The predicted molar refractivity (Wildman–Crippen MR) is 129 cm³/mol. The van der Waals surface area contributed by atoms with E-state index in [1.165, 1.54) is 11.3 Å². The van der Waals surface area contributed by atoms with Crippen molar-refractivity contribution in [3.05, 3.63) is 107 Å². The first kappa shape index (κ1) is 22.0. The minimum Gasteiger partial charge on any atom is -0.463 e. The first-order valence-corrected chi connectivity index (χ1v) is 11.6. The Morgan fingerprint density at radius 1 is 0.971 bits per heavy atom. The molecule has 0 saturated carbocycles. The van der Waals surface area contributed by atoms with E-state index in [0.717, 1.165) is 18.7 Å². The number of ether oxygens (including phenoxy) is 1. The Hall–Kier alpha value is -3.84. The van der Waals surface area contributed by atoms with Crippen LogP contribution in [-0.2, 0) is 16.1 Å². The third-order valence-electron chi connectivity index (χ3n) is 6.40. The number of urea groups is 1. The Labute approximate surface area is 199 Å². The molecule has 0 radical (unpaired) electrons. The predicted octanol–water partition coefficient (Wildman–Crippen LogP) is 3.76. The number of amides is 2. The molecule has 34 heavy (non-hydrogen) atoms. The zero-order valence-corrected chi connectivity index (χ0v) is 19.1. The van der Waals surface area contributed by atoms with Crippen LogP contribution in [0, 0.1) is 0 Å². The lowest BCUT2D eigenvalue weighted by Gasteiger charge is -2.39. The van der Waals surface area contributed by atoms with Gasteiger partial charge < -0.3 is 19.9 Å². The number of esters is 1. The van der Waals surface area contributed by atoms with Crippen LogP contribution in [0.4, 0.5) is 4.79 Å². The zero-order chi connectivity index (χ0) is 23.5. The van der Waals surface area contributed by atoms with Crippen LogP contribution in [0.15, 0.2) is 90.3 Å². The highest BCUT2D eigenvalue weighted by atomic mass is 16.5. The van der Waals surface area contributed by atoms with Gasteiger partial charge in [-0.15, -0.1) is 0 Å². The van der Waals surface area contributed by atoms with E-state index in [1.807, 2.05) is 48.5 Å². The molecule has 5 rings (SSSR count). The quantitative estimate of drug-likeness (QED) is 0.554. The molecule has 2 aliphatic rings. The Kier molecular flexibility index (Phi) is 6.18. The Balaban J connectivity index is 1.57. The van der Waals surface area contributed by atoms with Crippen molar-refractivity contribution in [2.45, 2.75) is 25.6 Å². The van der Waals surface area contributed by atoms with Crippen molar-refractivity contribution < 1.29 is 14.3 Å². The standard InChI is InChI=1S/C27H28N4O3/c1-2-34-26(32)23-21(28-27(33)29-24(23)19-10-5-3-6-11-19)18-31-17-16-30-15-9-14-22(30)25(31)20-12-7-4-8-13-20/h3-15,24-25H,2,16-18H2,1H3,(H2,28,29,33)/t24-,25+/m0/s1. The fraction of sp³-hybridized carbons (Fsp3) is 0.259. The second-order valence-electron chi connectivity index (χ2n) is 8.47. The number of carbonyl (C=O) groups excluding carboxylic acids is 2. The van der Waals surface area contributed by atoms with E-state index in [4.69, 9.17) is 4.74 Å². The smallest absolute Gasteiger partial charge is 0.338 e. The molecule has 0 spiro atoms. The molecular weight excluding hydrogens is 428 g/mol. The maximum atomic E-state index is 13.2. The van der Waals surface area contributed by atoms with Gasteiger partial charge in [-0.1, -0.05) is 60.7 Å². The van der Waals surface area contributed by atoms with Gasteiger partial charge in [0, 0.05) is 37.2 Å². The summed E-state index contributed by atoms with van der Waals surface area (Å²) in [6.45, 7) is 4.07. The molecule has 1 aromatic heterocycles. The van der Waals surface area contributed by atoms with Crippen LogP contribution in [0.25, 0.3) is 0 Å². The third-order valence-corrected chi connectivity index (χ3v) is 6.40. The zero-order valence-electron chi connectivity index (χ0n) is 19.1. The summed E-state index contributed by atoms with van der Waals surface area (Å²) in [5, 5.41) is 5.84. The van der Waals surface area contributed by atoms with Crippen LogP contribution in [0.3, 0.4) is 0 Å². The summed E-state index contributed by atoms with van der Waals surface area (Å²) < 4.78 is 7.70. The first-order chi connectivity index (χ1) is 16.7. The molecule has 3 heterocycles. The van der Waals surface area contributed by atoms with Crippen molar-refractivity contribution in [2.24, 2.45) is 0 Å². The molecule has 7 nitrogen and oxygen atoms in total. The van der Waals surface area contributed by atoms with Crippen LogP contribution >= 0.6 is 0 Å². The average molecular weight is 457 g/mol. The summed E-state index contributed by atoms with van der Waals surface area (Å²) in [4.78, 5) is 28.2. The fourth-order valence-electron chi connectivity index (χ4n) is 4.91. The number of hydrogen-bond acceptors (Lipinski definition) is 4. The minimum absolute atomic E-state index is 0.00265. The second-order valence-corrected chi connectivity index (χ2v) is 8.47. The lowest BCUT2D eigenvalue weighted by atomic mass is 9.94. The number of nitrogens with zero attached hydrogens (tertiary/aromatic N) is 2. The molecule has 0 saturated heterocycles. The monoisotopic (exact) mass is 456 g/mol. The molecule has 2 aliphatic heterocycles. The van der Waals surface area contributed by atoms with Gasteiger partial charge >= 0.3 is 12.0 Å². The molecule has 2 amide bonds. The van der Waals surface area contributed by atoms with E-state index in [-0.39, 0.29) is 18.7 Å². The van der Waals surface area contributed by atoms with E-state index in [1.54, 1.807) is 6.92 Å². The molecular formula is C27H28N4O3. The summed E-state index contributed by atoms with van der Waals surface area (Å²) in [6, 6.07) is 23.2. The number of aromatic nitrogens is 1. The van der Waals surface area contributed by atoms with E-state index in [2.05, 4.69) is 50.6 Å². The highest BCUT2D eigenvalue weighted by Gasteiger charge is 2.36. The van der Waals surface area contributed by atoms with Crippen molar-refractivity contribution in [1.29, 1.82) is 0 Å². The van der Waals surface area contributed by atoms with Gasteiger partial charge in [0.2, 0.25) is 0 Å². The van der Waals surface area contributed by atoms with Crippen LogP contribution < -0.4 is 10.6 Å². The third kappa shape index (κ3) is 4.22. The van der Waals surface area contributed by atoms with E-state index in [0.29, 0.717) is 17.8 Å². The van der Waals surface area contributed by atoms with Crippen LogP contribution in [-0.4, -0.2) is 41.2 Å². The van der Waals surface area contributed by atoms with Crippen molar-refractivity contribution in [3.8, 4) is 0 Å². The Morgan fingerprint density at radius 2 is 1.68 bits per heavy atom. The van der Waals surface area contributed by atoms with Gasteiger partial charge in [0.25, 0.3) is 0 Å². The fourth-order valence-corrected chi connectivity index (χ4v) is 4.91. The summed E-state index contributed by atoms with van der Waals surface area (Å²) in [6.07, 6.45) is 2.10. The van der Waals surface area contributed by atoms with Crippen molar-refractivity contribution in [2.75, 3.05) is 19.7 Å². The number of carbonyl (C=O) groups is 2. The van der Waals surface area contributed by atoms with Gasteiger partial charge in [-0.3, -0.25) is 4.90 Å². The number of nitrogens with one attached hydrogen (secondary N) is 2. The average Bonchev–Trinajstić information content (AvgIpc) is 3.33. The minimum atomic E-state index is -0.576. The lowest BCUT2D eigenvalue weighted by molar-refractivity contribution is -0.139. The normalized spacial score (nSPS) is 20.3. The van der Waals surface area contributed by atoms with E-state index < -0.39 is 12.0 Å². The largest absolute Gasteiger partial charge is 0.463 e. The van der Waals surface area contributed by atoms with Crippen molar-refractivity contribution >= 4 is 12.0 Å².